The maximum absolute atomic E-state index is 4.94. The van der Waals surface area contributed by atoms with Gasteiger partial charge in [0.05, 0.1) is 22.8 Å². The molecule has 5 rings (SSSR count). The van der Waals surface area contributed by atoms with Crippen LogP contribution in [-0.4, -0.2) is 33.1 Å². The molecule has 32 heavy (non-hydrogen) atoms. The Kier molecular flexibility index (Phi) is 6.56. The molecule has 170 valence electrons. The number of benzene rings is 1. The summed E-state index contributed by atoms with van der Waals surface area (Å²) in [5.74, 6) is 1.10. The molecular formula is C27H37N5. The van der Waals surface area contributed by atoms with Crippen LogP contribution in [0.25, 0.3) is 11.0 Å². The summed E-state index contributed by atoms with van der Waals surface area (Å²) in [5.41, 5.74) is 4.96. The highest BCUT2D eigenvalue weighted by Crippen LogP contribution is 2.37. The fourth-order valence-electron chi connectivity index (χ4n) is 5.76. The van der Waals surface area contributed by atoms with Crippen molar-refractivity contribution in [3.8, 4) is 0 Å². The maximum Gasteiger partial charge on any atom is 0.109 e. The molecule has 1 atom stereocenters. The minimum atomic E-state index is 0.0631. The van der Waals surface area contributed by atoms with E-state index in [4.69, 9.17) is 9.97 Å². The number of aromatic nitrogens is 3. The summed E-state index contributed by atoms with van der Waals surface area (Å²) in [6.45, 7) is 3.41. The third kappa shape index (κ3) is 4.74. The third-order valence-electron chi connectivity index (χ3n) is 7.53. The predicted molar refractivity (Wildman–Crippen MR) is 131 cm³/mol. The van der Waals surface area contributed by atoms with Gasteiger partial charge in [0.2, 0.25) is 0 Å². The molecule has 0 radical (unpaired) electrons. The largest absolute Gasteiger partial charge is 0.342 e. The van der Waals surface area contributed by atoms with Crippen LogP contribution in [0, 0.1) is 0 Å². The van der Waals surface area contributed by atoms with Gasteiger partial charge in [-0.3, -0.25) is 4.98 Å². The van der Waals surface area contributed by atoms with Gasteiger partial charge in [0.25, 0.3) is 0 Å². The Hall–Kier alpha value is -2.24. The first-order valence-corrected chi connectivity index (χ1v) is 12.6. The van der Waals surface area contributed by atoms with Crippen LogP contribution in [0.3, 0.4) is 0 Å². The molecule has 2 aromatic heterocycles. The molecular weight excluding hydrogens is 394 g/mol. The van der Waals surface area contributed by atoms with Crippen molar-refractivity contribution in [2.45, 2.75) is 88.8 Å². The zero-order valence-electron chi connectivity index (χ0n) is 19.4. The molecule has 1 aromatic carbocycles. The summed E-state index contributed by atoms with van der Waals surface area (Å²) in [7, 11) is 0. The lowest BCUT2D eigenvalue weighted by molar-refractivity contribution is 0.170. The van der Waals surface area contributed by atoms with Crippen molar-refractivity contribution >= 4 is 11.0 Å². The molecule has 1 saturated carbocycles. The van der Waals surface area contributed by atoms with Crippen LogP contribution in [0.4, 0.5) is 0 Å². The van der Waals surface area contributed by atoms with Crippen molar-refractivity contribution in [1.82, 2.24) is 25.6 Å². The van der Waals surface area contributed by atoms with Crippen LogP contribution >= 0.6 is 0 Å². The summed E-state index contributed by atoms with van der Waals surface area (Å²) < 4.78 is 0. The lowest BCUT2D eigenvalue weighted by Crippen LogP contribution is -2.54. The van der Waals surface area contributed by atoms with Crippen LogP contribution < -0.4 is 10.6 Å². The fraction of sp³-hybridized carbons (Fsp3) is 0.556. The number of nitrogens with one attached hydrogen (secondary N) is 3. The average Bonchev–Trinajstić information content (AvgIpc) is 3.23. The topological polar surface area (TPSA) is 65.6 Å². The third-order valence-corrected chi connectivity index (χ3v) is 7.53. The van der Waals surface area contributed by atoms with E-state index in [-0.39, 0.29) is 5.54 Å². The van der Waals surface area contributed by atoms with E-state index < -0.39 is 0 Å². The van der Waals surface area contributed by atoms with Crippen LogP contribution in [0.15, 0.2) is 42.6 Å². The van der Waals surface area contributed by atoms with Crippen LogP contribution in [0.5, 0.6) is 0 Å². The lowest BCUT2D eigenvalue weighted by atomic mass is 9.75. The molecule has 5 heteroatoms. The maximum atomic E-state index is 4.94. The first-order valence-electron chi connectivity index (χ1n) is 12.6. The number of H-pyrrole nitrogens is 1. The number of fused-ring (bicyclic) bond motifs is 2. The highest BCUT2D eigenvalue weighted by atomic mass is 15.1. The Bertz CT molecular complexity index is 985. The Morgan fingerprint density at radius 1 is 1.09 bits per heavy atom. The molecule has 2 aliphatic carbocycles. The zero-order valence-corrected chi connectivity index (χ0v) is 19.4. The normalized spacial score (nSPS) is 25.7. The molecule has 0 bridgehead atoms. The molecule has 1 fully saturated rings. The molecule has 5 nitrogen and oxygen atoms in total. The average molecular weight is 432 g/mol. The van der Waals surface area contributed by atoms with Crippen molar-refractivity contribution in [3.63, 3.8) is 0 Å². The lowest BCUT2D eigenvalue weighted by Gasteiger charge is -2.44. The predicted octanol–water partition coefficient (Wildman–Crippen LogP) is 5.24. The van der Waals surface area contributed by atoms with E-state index in [1.165, 1.54) is 62.6 Å². The number of rotatable bonds is 8. The molecule has 3 N–H and O–H groups in total. The molecule has 0 spiro atoms. The quantitative estimate of drug-likeness (QED) is 0.427. The number of para-hydroxylation sites is 2. The van der Waals surface area contributed by atoms with Crippen molar-refractivity contribution in [2.75, 3.05) is 6.54 Å². The van der Waals surface area contributed by atoms with Gasteiger partial charge in [0.15, 0.2) is 0 Å². The van der Waals surface area contributed by atoms with Crippen molar-refractivity contribution in [3.05, 3.63) is 59.7 Å². The minimum Gasteiger partial charge on any atom is -0.342 e. The highest BCUT2D eigenvalue weighted by Gasteiger charge is 2.39. The first-order chi connectivity index (χ1) is 15.7. The number of pyridine rings is 1. The van der Waals surface area contributed by atoms with Gasteiger partial charge < -0.3 is 15.6 Å². The standard InChI is InChI=1S/C27H37N5/c1-2-3-17-28-21-13-15-27(16-14-21,19-25-30-22-10-4-5-11-23(22)31-25)32-24-12-6-8-20-9-7-18-29-26(20)24/h4-5,7,9-11,18,21,24,28,32H,2-3,6,8,12-17,19H2,1H3,(H,30,31). The fourth-order valence-corrected chi connectivity index (χ4v) is 5.76. The van der Waals surface area contributed by atoms with Crippen LogP contribution in [0.1, 0.15) is 81.4 Å². The van der Waals surface area contributed by atoms with E-state index in [2.05, 4.69) is 58.9 Å². The number of nitrogens with zero attached hydrogens (tertiary/aromatic N) is 2. The smallest absolute Gasteiger partial charge is 0.109 e. The van der Waals surface area contributed by atoms with E-state index in [1.807, 2.05) is 6.20 Å². The minimum absolute atomic E-state index is 0.0631. The van der Waals surface area contributed by atoms with Gasteiger partial charge in [0, 0.05) is 24.2 Å². The Labute approximate surface area is 191 Å². The van der Waals surface area contributed by atoms with Gasteiger partial charge in [-0.15, -0.1) is 0 Å². The number of unbranched alkanes of at least 4 members (excludes halogenated alkanes) is 1. The molecule has 0 saturated heterocycles. The summed E-state index contributed by atoms with van der Waals surface area (Å²) in [4.78, 5) is 13.3. The van der Waals surface area contributed by atoms with Crippen molar-refractivity contribution in [1.29, 1.82) is 0 Å². The Balaban J connectivity index is 1.37. The van der Waals surface area contributed by atoms with Crippen molar-refractivity contribution in [2.24, 2.45) is 0 Å². The number of hydrogen-bond donors (Lipinski definition) is 3. The van der Waals surface area contributed by atoms with E-state index in [0.29, 0.717) is 12.1 Å². The number of hydrogen-bond acceptors (Lipinski definition) is 4. The van der Waals surface area contributed by atoms with Gasteiger partial charge in [-0.2, -0.15) is 0 Å². The SMILES string of the molecule is CCCCNC1CCC(Cc2nc3ccccc3[nH]2)(NC2CCCc3cccnc32)CC1. The van der Waals surface area contributed by atoms with E-state index in [1.54, 1.807) is 0 Å². The summed E-state index contributed by atoms with van der Waals surface area (Å²) in [6, 6.07) is 13.7. The van der Waals surface area contributed by atoms with E-state index in [0.717, 1.165) is 36.2 Å². The molecule has 2 aliphatic rings. The number of imidazole rings is 1. The number of aromatic amines is 1. The Morgan fingerprint density at radius 2 is 1.97 bits per heavy atom. The molecule has 2 heterocycles. The van der Waals surface area contributed by atoms with Crippen molar-refractivity contribution < 1.29 is 0 Å². The van der Waals surface area contributed by atoms with Gasteiger partial charge in [0.1, 0.15) is 5.82 Å². The zero-order chi connectivity index (χ0) is 21.8. The molecule has 0 aliphatic heterocycles. The summed E-state index contributed by atoms with van der Waals surface area (Å²) in [6.07, 6.45) is 13.8. The van der Waals surface area contributed by atoms with E-state index in [9.17, 15) is 0 Å². The Morgan fingerprint density at radius 3 is 2.81 bits per heavy atom. The van der Waals surface area contributed by atoms with Gasteiger partial charge in [-0.25, -0.2) is 4.98 Å². The summed E-state index contributed by atoms with van der Waals surface area (Å²) in [5, 5.41) is 7.96. The second-order valence-electron chi connectivity index (χ2n) is 9.88. The number of aryl methyl sites for hydroxylation is 1. The first kappa shape index (κ1) is 21.6. The van der Waals surface area contributed by atoms with Crippen LogP contribution in [0.2, 0.25) is 0 Å². The van der Waals surface area contributed by atoms with E-state index >= 15 is 0 Å². The second-order valence-corrected chi connectivity index (χ2v) is 9.88. The van der Waals surface area contributed by atoms with Gasteiger partial charge in [-0.05, 0) is 81.7 Å². The highest BCUT2D eigenvalue weighted by molar-refractivity contribution is 5.74. The molecule has 1 unspecified atom stereocenters. The van der Waals surface area contributed by atoms with Gasteiger partial charge >= 0.3 is 0 Å². The van der Waals surface area contributed by atoms with Crippen LogP contribution in [-0.2, 0) is 12.8 Å². The molecule has 0 amide bonds. The van der Waals surface area contributed by atoms with Gasteiger partial charge in [-0.1, -0.05) is 31.5 Å². The molecule has 3 aromatic rings. The monoisotopic (exact) mass is 431 g/mol. The summed E-state index contributed by atoms with van der Waals surface area (Å²) >= 11 is 0. The second kappa shape index (κ2) is 9.72.